The highest BCUT2D eigenvalue weighted by Crippen LogP contribution is 2.30. The molecule has 1 rings (SSSR count). The van der Waals surface area contributed by atoms with Gasteiger partial charge in [0.1, 0.15) is 11.9 Å². The normalized spacial score (nSPS) is 12.6. The van der Waals surface area contributed by atoms with Crippen molar-refractivity contribution in [3.8, 4) is 5.75 Å². The van der Waals surface area contributed by atoms with E-state index in [1.54, 1.807) is 0 Å². The molecule has 0 aliphatic heterocycles. The molecule has 13 heavy (non-hydrogen) atoms. The number of halogens is 1. The maximum absolute atomic E-state index is 9.43. The fourth-order valence-electron chi connectivity index (χ4n) is 1.00. The van der Waals surface area contributed by atoms with Gasteiger partial charge in [0.15, 0.2) is 0 Å². The van der Waals surface area contributed by atoms with Crippen molar-refractivity contribution >= 4 is 15.9 Å². The van der Waals surface area contributed by atoms with Gasteiger partial charge in [-0.05, 0) is 15.9 Å². The van der Waals surface area contributed by atoms with E-state index in [0.717, 1.165) is 0 Å². The third-order valence-electron chi connectivity index (χ3n) is 1.63. The Morgan fingerprint density at radius 1 is 1.62 bits per heavy atom. The molecule has 0 spiro atoms. The Balaban J connectivity index is 3.14. The summed E-state index contributed by atoms with van der Waals surface area (Å²) in [6.45, 7) is -0.348. The van der Waals surface area contributed by atoms with Gasteiger partial charge in [0.2, 0.25) is 0 Å². The molecule has 0 radical (unpaired) electrons. The molecular weight excluding hydrogens is 238 g/mol. The van der Waals surface area contributed by atoms with Crippen LogP contribution < -0.4 is 4.74 Å². The largest absolute Gasteiger partial charge is 0.495 e. The number of ether oxygens (including phenoxy) is 1. The lowest BCUT2D eigenvalue weighted by atomic mass is 10.1. The molecule has 0 aliphatic rings. The van der Waals surface area contributed by atoms with Gasteiger partial charge in [0, 0.05) is 16.2 Å². The first-order valence-electron chi connectivity index (χ1n) is 3.67. The average Bonchev–Trinajstić information content (AvgIpc) is 2.16. The van der Waals surface area contributed by atoms with Crippen LogP contribution in [0.15, 0.2) is 16.9 Å². The monoisotopic (exact) mass is 247 g/mol. The standard InChI is InChI=1S/C8H10BrNO3/c1-13-7-3-10-2-5(9)8(7)6(12)4-11/h2-3,6,11-12H,4H2,1H3. The molecule has 1 aromatic heterocycles. The van der Waals surface area contributed by atoms with Gasteiger partial charge < -0.3 is 14.9 Å². The number of nitrogens with zero attached hydrogens (tertiary/aromatic N) is 1. The molecule has 0 amide bonds. The highest BCUT2D eigenvalue weighted by Gasteiger charge is 2.15. The van der Waals surface area contributed by atoms with Crippen molar-refractivity contribution in [2.45, 2.75) is 6.10 Å². The van der Waals surface area contributed by atoms with Gasteiger partial charge in [-0.25, -0.2) is 0 Å². The molecule has 1 unspecified atom stereocenters. The summed E-state index contributed by atoms with van der Waals surface area (Å²) in [4.78, 5) is 3.87. The fourth-order valence-corrected chi connectivity index (χ4v) is 1.58. The van der Waals surface area contributed by atoms with Crippen LogP contribution in [0, 0.1) is 0 Å². The minimum atomic E-state index is -0.952. The Hall–Kier alpha value is -0.650. The molecule has 0 fully saturated rings. The fraction of sp³-hybridized carbons (Fsp3) is 0.375. The lowest BCUT2D eigenvalue weighted by Crippen LogP contribution is -2.06. The van der Waals surface area contributed by atoms with Crippen LogP contribution in [0.5, 0.6) is 5.75 Å². The summed E-state index contributed by atoms with van der Waals surface area (Å²) in [6, 6.07) is 0. The van der Waals surface area contributed by atoms with Crippen LogP contribution in [-0.2, 0) is 0 Å². The third kappa shape index (κ3) is 2.18. The van der Waals surface area contributed by atoms with Gasteiger partial charge in [-0.3, -0.25) is 4.98 Å². The molecule has 0 aromatic carbocycles. The highest BCUT2D eigenvalue weighted by molar-refractivity contribution is 9.10. The summed E-state index contributed by atoms with van der Waals surface area (Å²) in [5.41, 5.74) is 0.514. The van der Waals surface area contributed by atoms with Gasteiger partial charge >= 0.3 is 0 Å². The second kappa shape index (κ2) is 4.55. The Kier molecular flexibility index (Phi) is 3.65. The lowest BCUT2D eigenvalue weighted by molar-refractivity contribution is 0.0926. The lowest BCUT2D eigenvalue weighted by Gasteiger charge is -2.13. The quantitative estimate of drug-likeness (QED) is 0.833. The van der Waals surface area contributed by atoms with Crippen molar-refractivity contribution in [3.05, 3.63) is 22.4 Å². The molecule has 1 aromatic rings. The van der Waals surface area contributed by atoms with Crippen molar-refractivity contribution in [3.63, 3.8) is 0 Å². The topological polar surface area (TPSA) is 62.6 Å². The number of hydrogen-bond donors (Lipinski definition) is 2. The summed E-state index contributed by atoms with van der Waals surface area (Å²) in [6.07, 6.45) is 2.07. The third-order valence-corrected chi connectivity index (χ3v) is 2.26. The SMILES string of the molecule is COc1cncc(Br)c1C(O)CO. The maximum atomic E-state index is 9.43. The summed E-state index contributed by atoms with van der Waals surface area (Å²) in [7, 11) is 1.48. The zero-order chi connectivity index (χ0) is 9.84. The van der Waals surface area contributed by atoms with E-state index in [9.17, 15) is 5.11 Å². The van der Waals surface area contributed by atoms with Crippen LogP contribution in [0.1, 0.15) is 11.7 Å². The first-order chi connectivity index (χ1) is 6.20. The van der Waals surface area contributed by atoms with Crippen LogP contribution in [0.25, 0.3) is 0 Å². The molecule has 0 bridgehead atoms. The summed E-state index contributed by atoms with van der Waals surface area (Å²) in [5, 5.41) is 18.2. The number of methoxy groups -OCH3 is 1. The average molecular weight is 248 g/mol. The van der Waals surface area contributed by atoms with Crippen LogP contribution in [0.3, 0.4) is 0 Å². The van der Waals surface area contributed by atoms with E-state index in [1.807, 2.05) is 0 Å². The van der Waals surface area contributed by atoms with Crippen LogP contribution in [-0.4, -0.2) is 28.9 Å². The molecule has 72 valence electrons. The van der Waals surface area contributed by atoms with E-state index in [1.165, 1.54) is 19.5 Å². The van der Waals surface area contributed by atoms with Gasteiger partial charge in [0.05, 0.1) is 19.9 Å². The second-order valence-electron chi connectivity index (χ2n) is 2.44. The predicted molar refractivity (Wildman–Crippen MR) is 50.5 cm³/mol. The number of pyridine rings is 1. The van der Waals surface area contributed by atoms with Gasteiger partial charge in [-0.15, -0.1) is 0 Å². The smallest absolute Gasteiger partial charge is 0.144 e. The molecule has 0 aliphatic carbocycles. The van der Waals surface area contributed by atoms with Crippen molar-refractivity contribution in [2.75, 3.05) is 13.7 Å². The minimum Gasteiger partial charge on any atom is -0.495 e. The number of aromatic nitrogens is 1. The molecule has 1 heterocycles. The molecular formula is C8H10BrNO3. The number of aliphatic hydroxyl groups excluding tert-OH is 2. The first-order valence-corrected chi connectivity index (χ1v) is 4.46. The molecule has 5 heteroatoms. The van der Waals surface area contributed by atoms with Crippen molar-refractivity contribution in [2.24, 2.45) is 0 Å². The van der Waals surface area contributed by atoms with E-state index in [4.69, 9.17) is 9.84 Å². The minimum absolute atomic E-state index is 0.348. The van der Waals surface area contributed by atoms with E-state index in [2.05, 4.69) is 20.9 Å². The van der Waals surface area contributed by atoms with Crippen molar-refractivity contribution in [1.82, 2.24) is 4.98 Å². The Bertz CT molecular complexity index is 293. The molecule has 0 saturated heterocycles. The summed E-state index contributed by atoms with van der Waals surface area (Å²) < 4.78 is 5.60. The zero-order valence-electron chi connectivity index (χ0n) is 7.07. The Morgan fingerprint density at radius 3 is 2.85 bits per heavy atom. The second-order valence-corrected chi connectivity index (χ2v) is 3.29. The number of rotatable bonds is 3. The predicted octanol–water partition coefficient (Wildman–Crippen LogP) is 0.878. The van der Waals surface area contributed by atoms with Crippen LogP contribution in [0.2, 0.25) is 0 Å². The highest BCUT2D eigenvalue weighted by atomic mass is 79.9. The van der Waals surface area contributed by atoms with Crippen molar-refractivity contribution in [1.29, 1.82) is 0 Å². The number of hydrogen-bond acceptors (Lipinski definition) is 4. The zero-order valence-corrected chi connectivity index (χ0v) is 8.65. The molecule has 0 saturated carbocycles. The molecule has 2 N–H and O–H groups in total. The van der Waals surface area contributed by atoms with Gasteiger partial charge in [0.25, 0.3) is 0 Å². The van der Waals surface area contributed by atoms with Crippen LogP contribution in [0.4, 0.5) is 0 Å². The van der Waals surface area contributed by atoms with Crippen LogP contribution >= 0.6 is 15.9 Å². The Labute approximate surface area is 84.3 Å². The maximum Gasteiger partial charge on any atom is 0.144 e. The number of aliphatic hydroxyl groups is 2. The van der Waals surface area contributed by atoms with E-state index in [0.29, 0.717) is 15.8 Å². The van der Waals surface area contributed by atoms with E-state index < -0.39 is 6.10 Å². The molecule has 1 atom stereocenters. The first kappa shape index (κ1) is 10.4. The summed E-state index contributed by atoms with van der Waals surface area (Å²) in [5.74, 6) is 0.455. The van der Waals surface area contributed by atoms with Gasteiger partial charge in [-0.1, -0.05) is 0 Å². The molecule has 4 nitrogen and oxygen atoms in total. The van der Waals surface area contributed by atoms with E-state index >= 15 is 0 Å². The van der Waals surface area contributed by atoms with Gasteiger partial charge in [-0.2, -0.15) is 0 Å². The Morgan fingerprint density at radius 2 is 2.31 bits per heavy atom. The van der Waals surface area contributed by atoms with E-state index in [-0.39, 0.29) is 6.61 Å². The summed E-state index contributed by atoms with van der Waals surface area (Å²) >= 11 is 3.22. The van der Waals surface area contributed by atoms with Crippen molar-refractivity contribution < 1.29 is 14.9 Å².